The minimum atomic E-state index is -0.404. The maximum Gasteiger partial charge on any atom is 0.374 e. The molecule has 4 nitrogen and oxygen atoms in total. The van der Waals surface area contributed by atoms with Gasteiger partial charge in [0.1, 0.15) is 0 Å². The molecule has 18 heavy (non-hydrogen) atoms. The van der Waals surface area contributed by atoms with E-state index in [1.165, 1.54) is 0 Å². The zero-order valence-electron chi connectivity index (χ0n) is 10.6. The zero-order chi connectivity index (χ0) is 13.3. The molecule has 0 bridgehead atoms. The fraction of sp³-hybridized carbons (Fsp3) is 0.385. The predicted molar refractivity (Wildman–Crippen MR) is 71.1 cm³/mol. The first-order chi connectivity index (χ1) is 8.54. The van der Waals surface area contributed by atoms with Crippen LogP contribution in [0.15, 0.2) is 18.2 Å². The standard InChI is InChI=1S/C13H15ClN2O2/c1-4-18-13(17)12-15-10-6-5-9(14)7-11(10)16(12)8(2)3/h5-8H,4H2,1-3H3. The number of rotatable bonds is 3. The second-order valence-corrected chi connectivity index (χ2v) is 4.69. The summed E-state index contributed by atoms with van der Waals surface area (Å²) in [6.45, 7) is 6.09. The summed E-state index contributed by atoms with van der Waals surface area (Å²) < 4.78 is 6.87. The molecule has 1 aromatic heterocycles. The first-order valence-electron chi connectivity index (χ1n) is 5.89. The highest BCUT2D eigenvalue weighted by atomic mass is 35.5. The summed E-state index contributed by atoms with van der Waals surface area (Å²) in [5, 5.41) is 0.625. The lowest BCUT2D eigenvalue weighted by molar-refractivity contribution is 0.0505. The highest BCUT2D eigenvalue weighted by molar-refractivity contribution is 6.31. The number of imidazole rings is 1. The Labute approximate surface area is 111 Å². The van der Waals surface area contributed by atoms with Gasteiger partial charge in [-0.15, -0.1) is 0 Å². The number of aromatic nitrogens is 2. The van der Waals surface area contributed by atoms with E-state index < -0.39 is 5.97 Å². The van der Waals surface area contributed by atoms with Gasteiger partial charge in [-0.25, -0.2) is 9.78 Å². The Balaban J connectivity index is 2.65. The van der Waals surface area contributed by atoms with Crippen LogP contribution in [0, 0.1) is 0 Å². The number of hydrogen-bond acceptors (Lipinski definition) is 3. The lowest BCUT2D eigenvalue weighted by atomic mass is 10.3. The number of carbonyl (C=O) groups is 1. The Morgan fingerprint density at radius 3 is 2.83 bits per heavy atom. The van der Waals surface area contributed by atoms with Gasteiger partial charge >= 0.3 is 5.97 Å². The molecule has 96 valence electrons. The fourth-order valence-electron chi connectivity index (χ4n) is 1.93. The van der Waals surface area contributed by atoms with E-state index in [9.17, 15) is 4.79 Å². The molecular weight excluding hydrogens is 252 g/mol. The van der Waals surface area contributed by atoms with Gasteiger partial charge in [-0.1, -0.05) is 11.6 Å². The molecule has 0 atom stereocenters. The van der Waals surface area contributed by atoms with Crippen molar-refractivity contribution in [3.63, 3.8) is 0 Å². The van der Waals surface area contributed by atoms with Crippen molar-refractivity contribution < 1.29 is 9.53 Å². The molecule has 0 N–H and O–H groups in total. The van der Waals surface area contributed by atoms with E-state index in [2.05, 4.69) is 4.98 Å². The first kappa shape index (κ1) is 12.9. The van der Waals surface area contributed by atoms with Crippen molar-refractivity contribution >= 4 is 28.6 Å². The van der Waals surface area contributed by atoms with E-state index in [1.54, 1.807) is 19.1 Å². The predicted octanol–water partition coefficient (Wildman–Crippen LogP) is 3.45. The quantitative estimate of drug-likeness (QED) is 0.799. The van der Waals surface area contributed by atoms with Gasteiger partial charge in [0.05, 0.1) is 17.6 Å². The molecule has 0 radical (unpaired) electrons. The van der Waals surface area contributed by atoms with E-state index in [-0.39, 0.29) is 6.04 Å². The first-order valence-corrected chi connectivity index (χ1v) is 6.27. The van der Waals surface area contributed by atoms with Gasteiger partial charge in [0.25, 0.3) is 0 Å². The lowest BCUT2D eigenvalue weighted by Gasteiger charge is -2.12. The molecule has 0 unspecified atom stereocenters. The Morgan fingerprint density at radius 2 is 2.22 bits per heavy atom. The van der Waals surface area contributed by atoms with Crippen molar-refractivity contribution in [1.82, 2.24) is 9.55 Å². The molecule has 0 saturated heterocycles. The van der Waals surface area contributed by atoms with Crippen LogP contribution < -0.4 is 0 Å². The maximum atomic E-state index is 11.9. The molecule has 0 aliphatic rings. The molecule has 5 heteroatoms. The number of halogens is 1. The van der Waals surface area contributed by atoms with Crippen molar-refractivity contribution in [3.8, 4) is 0 Å². The van der Waals surface area contributed by atoms with Gasteiger partial charge in [0.2, 0.25) is 5.82 Å². The summed E-state index contributed by atoms with van der Waals surface area (Å²) in [6, 6.07) is 5.48. The van der Waals surface area contributed by atoms with Crippen LogP contribution in [0.4, 0.5) is 0 Å². The van der Waals surface area contributed by atoms with Gasteiger partial charge in [0.15, 0.2) is 0 Å². The third kappa shape index (κ3) is 2.20. The van der Waals surface area contributed by atoms with Crippen LogP contribution >= 0.6 is 11.6 Å². The van der Waals surface area contributed by atoms with Crippen LogP contribution in [0.25, 0.3) is 11.0 Å². The minimum Gasteiger partial charge on any atom is -0.460 e. The smallest absolute Gasteiger partial charge is 0.374 e. The van der Waals surface area contributed by atoms with Gasteiger partial charge in [-0.2, -0.15) is 0 Å². The molecule has 0 aliphatic carbocycles. The summed E-state index contributed by atoms with van der Waals surface area (Å²) in [4.78, 5) is 16.2. The highest BCUT2D eigenvalue weighted by Gasteiger charge is 2.20. The van der Waals surface area contributed by atoms with Crippen molar-refractivity contribution in [2.45, 2.75) is 26.8 Å². The van der Waals surface area contributed by atoms with E-state index in [0.29, 0.717) is 17.5 Å². The molecule has 2 aromatic rings. The van der Waals surface area contributed by atoms with E-state index >= 15 is 0 Å². The van der Waals surface area contributed by atoms with Crippen LogP contribution in [0.1, 0.15) is 37.4 Å². The van der Waals surface area contributed by atoms with Crippen molar-refractivity contribution in [2.75, 3.05) is 6.61 Å². The average molecular weight is 267 g/mol. The van der Waals surface area contributed by atoms with Crippen molar-refractivity contribution in [2.24, 2.45) is 0 Å². The molecule has 1 heterocycles. The third-order valence-electron chi connectivity index (χ3n) is 2.63. The minimum absolute atomic E-state index is 0.105. The van der Waals surface area contributed by atoms with E-state index in [0.717, 1.165) is 11.0 Å². The van der Waals surface area contributed by atoms with Gasteiger partial charge in [-0.3, -0.25) is 0 Å². The second kappa shape index (κ2) is 4.98. The van der Waals surface area contributed by atoms with Crippen molar-refractivity contribution in [1.29, 1.82) is 0 Å². The molecular formula is C13H15ClN2O2. The number of carbonyl (C=O) groups excluding carboxylic acids is 1. The van der Waals surface area contributed by atoms with E-state index in [1.807, 2.05) is 24.5 Å². The van der Waals surface area contributed by atoms with Crippen LogP contribution in [-0.4, -0.2) is 22.1 Å². The summed E-state index contributed by atoms with van der Waals surface area (Å²) in [7, 11) is 0. The number of nitrogens with zero attached hydrogens (tertiary/aromatic N) is 2. The van der Waals surface area contributed by atoms with Gasteiger partial charge in [-0.05, 0) is 39.0 Å². The average Bonchev–Trinajstić information content (AvgIpc) is 2.67. The maximum absolute atomic E-state index is 11.9. The molecule has 2 rings (SSSR count). The zero-order valence-corrected chi connectivity index (χ0v) is 11.4. The summed E-state index contributed by atoms with van der Waals surface area (Å²) >= 11 is 5.99. The normalized spacial score (nSPS) is 11.2. The summed E-state index contributed by atoms with van der Waals surface area (Å²) in [6.07, 6.45) is 0. The molecule has 0 amide bonds. The fourth-order valence-corrected chi connectivity index (χ4v) is 2.09. The summed E-state index contributed by atoms with van der Waals surface area (Å²) in [5.74, 6) is -0.0809. The number of benzene rings is 1. The van der Waals surface area contributed by atoms with Gasteiger partial charge < -0.3 is 9.30 Å². The number of ether oxygens (including phenoxy) is 1. The van der Waals surface area contributed by atoms with Crippen LogP contribution in [-0.2, 0) is 4.74 Å². The monoisotopic (exact) mass is 266 g/mol. The summed E-state index contributed by atoms with van der Waals surface area (Å²) in [5.41, 5.74) is 1.59. The van der Waals surface area contributed by atoms with Crippen LogP contribution in [0.5, 0.6) is 0 Å². The highest BCUT2D eigenvalue weighted by Crippen LogP contribution is 2.24. The molecule has 0 saturated carbocycles. The number of hydrogen-bond donors (Lipinski definition) is 0. The van der Waals surface area contributed by atoms with Crippen LogP contribution in [0.3, 0.4) is 0 Å². The Morgan fingerprint density at radius 1 is 1.50 bits per heavy atom. The topological polar surface area (TPSA) is 44.1 Å². The molecule has 0 aliphatic heterocycles. The van der Waals surface area contributed by atoms with Crippen molar-refractivity contribution in [3.05, 3.63) is 29.0 Å². The number of esters is 1. The Hall–Kier alpha value is -1.55. The molecule has 0 fully saturated rings. The second-order valence-electron chi connectivity index (χ2n) is 4.25. The number of fused-ring (bicyclic) bond motifs is 1. The largest absolute Gasteiger partial charge is 0.460 e. The lowest BCUT2D eigenvalue weighted by Crippen LogP contribution is -2.14. The Bertz CT molecular complexity index is 590. The van der Waals surface area contributed by atoms with E-state index in [4.69, 9.17) is 16.3 Å². The van der Waals surface area contributed by atoms with Crippen LogP contribution in [0.2, 0.25) is 5.02 Å². The van der Waals surface area contributed by atoms with Gasteiger partial charge in [0, 0.05) is 11.1 Å². The third-order valence-corrected chi connectivity index (χ3v) is 2.86. The SMILES string of the molecule is CCOC(=O)c1nc2ccc(Cl)cc2n1C(C)C. The molecule has 1 aromatic carbocycles. The molecule has 0 spiro atoms. The Kier molecular flexibility index (Phi) is 3.57.